The van der Waals surface area contributed by atoms with Crippen LogP contribution in [0.2, 0.25) is 5.02 Å². The van der Waals surface area contributed by atoms with Crippen molar-refractivity contribution in [3.8, 4) is 5.75 Å². The zero-order chi connectivity index (χ0) is 20.7. The SMILES string of the molecule is CCCCNC(=O)c1ccccc1NC(=O)[C@H](C)Oc1cc(C)c(Cl)c(C)c1. The zero-order valence-corrected chi connectivity index (χ0v) is 17.5. The van der Waals surface area contributed by atoms with Gasteiger partial charge in [-0.2, -0.15) is 0 Å². The number of unbranched alkanes of at least 4 members (excludes halogenated alkanes) is 1. The van der Waals surface area contributed by atoms with Gasteiger partial charge >= 0.3 is 0 Å². The number of carbonyl (C=O) groups is 2. The summed E-state index contributed by atoms with van der Waals surface area (Å²) in [6, 6.07) is 10.5. The van der Waals surface area contributed by atoms with E-state index in [2.05, 4.69) is 17.6 Å². The van der Waals surface area contributed by atoms with E-state index < -0.39 is 6.10 Å². The van der Waals surface area contributed by atoms with Gasteiger partial charge in [-0.15, -0.1) is 0 Å². The summed E-state index contributed by atoms with van der Waals surface area (Å²) < 4.78 is 5.77. The molecule has 0 radical (unpaired) electrons. The number of amides is 2. The molecule has 2 aromatic carbocycles. The third kappa shape index (κ3) is 5.73. The van der Waals surface area contributed by atoms with E-state index >= 15 is 0 Å². The van der Waals surface area contributed by atoms with E-state index in [1.807, 2.05) is 13.8 Å². The number of para-hydroxylation sites is 1. The lowest BCUT2D eigenvalue weighted by Gasteiger charge is -2.17. The van der Waals surface area contributed by atoms with Crippen LogP contribution in [-0.2, 0) is 4.79 Å². The maximum absolute atomic E-state index is 12.6. The van der Waals surface area contributed by atoms with Crippen LogP contribution in [0.15, 0.2) is 36.4 Å². The summed E-state index contributed by atoms with van der Waals surface area (Å²) >= 11 is 6.18. The molecule has 5 nitrogen and oxygen atoms in total. The number of aryl methyl sites for hydroxylation is 2. The molecule has 6 heteroatoms. The first kappa shape index (κ1) is 21.8. The Kier molecular flexibility index (Phi) is 7.88. The molecule has 0 saturated carbocycles. The molecule has 0 saturated heterocycles. The Morgan fingerprint density at radius 3 is 2.43 bits per heavy atom. The quantitative estimate of drug-likeness (QED) is 0.617. The van der Waals surface area contributed by atoms with Crippen molar-refractivity contribution in [1.82, 2.24) is 5.32 Å². The summed E-state index contributed by atoms with van der Waals surface area (Å²) in [5, 5.41) is 6.35. The first-order valence-electron chi connectivity index (χ1n) is 9.45. The van der Waals surface area contributed by atoms with Crippen LogP contribution in [0.3, 0.4) is 0 Å². The Balaban J connectivity index is 2.07. The van der Waals surface area contributed by atoms with Crippen LogP contribution in [0, 0.1) is 13.8 Å². The van der Waals surface area contributed by atoms with Gasteiger partial charge in [0.05, 0.1) is 11.3 Å². The number of rotatable bonds is 8. The van der Waals surface area contributed by atoms with E-state index in [1.165, 1.54) is 0 Å². The maximum Gasteiger partial charge on any atom is 0.265 e. The predicted molar refractivity (Wildman–Crippen MR) is 113 cm³/mol. The number of benzene rings is 2. The van der Waals surface area contributed by atoms with Crippen LogP contribution >= 0.6 is 11.6 Å². The van der Waals surface area contributed by atoms with Gasteiger partial charge in [0.2, 0.25) is 0 Å². The van der Waals surface area contributed by atoms with E-state index in [0.29, 0.717) is 28.6 Å². The molecule has 28 heavy (non-hydrogen) atoms. The number of hydrogen-bond acceptors (Lipinski definition) is 3. The van der Waals surface area contributed by atoms with E-state index in [0.717, 1.165) is 24.0 Å². The van der Waals surface area contributed by atoms with Crippen molar-refractivity contribution in [2.75, 3.05) is 11.9 Å². The maximum atomic E-state index is 12.6. The van der Waals surface area contributed by atoms with Gasteiger partial charge in [-0.05, 0) is 62.6 Å². The summed E-state index contributed by atoms with van der Waals surface area (Å²) in [6.45, 7) is 8.11. The van der Waals surface area contributed by atoms with Crippen molar-refractivity contribution in [1.29, 1.82) is 0 Å². The summed E-state index contributed by atoms with van der Waals surface area (Å²) in [7, 11) is 0. The highest BCUT2D eigenvalue weighted by molar-refractivity contribution is 6.32. The van der Waals surface area contributed by atoms with Crippen molar-refractivity contribution in [3.63, 3.8) is 0 Å². The molecule has 0 aliphatic heterocycles. The van der Waals surface area contributed by atoms with E-state index in [-0.39, 0.29) is 11.8 Å². The molecule has 0 spiro atoms. The van der Waals surface area contributed by atoms with Crippen LogP contribution in [0.25, 0.3) is 0 Å². The van der Waals surface area contributed by atoms with Crippen molar-refractivity contribution < 1.29 is 14.3 Å². The summed E-state index contributed by atoms with van der Waals surface area (Å²) in [5.74, 6) is 0.0357. The Morgan fingerprint density at radius 2 is 1.79 bits per heavy atom. The van der Waals surface area contributed by atoms with Gasteiger partial charge in [-0.25, -0.2) is 0 Å². The highest BCUT2D eigenvalue weighted by atomic mass is 35.5. The van der Waals surface area contributed by atoms with Crippen molar-refractivity contribution in [2.45, 2.75) is 46.6 Å². The molecule has 0 aromatic heterocycles. The van der Waals surface area contributed by atoms with Gasteiger partial charge in [-0.3, -0.25) is 9.59 Å². The van der Waals surface area contributed by atoms with Gasteiger partial charge < -0.3 is 15.4 Å². The van der Waals surface area contributed by atoms with E-state index in [4.69, 9.17) is 16.3 Å². The van der Waals surface area contributed by atoms with Gasteiger partial charge in [0.15, 0.2) is 6.10 Å². The van der Waals surface area contributed by atoms with Crippen LogP contribution < -0.4 is 15.4 Å². The molecule has 1 atom stereocenters. The van der Waals surface area contributed by atoms with E-state index in [1.54, 1.807) is 43.3 Å². The highest BCUT2D eigenvalue weighted by Gasteiger charge is 2.19. The van der Waals surface area contributed by atoms with Crippen LogP contribution in [0.4, 0.5) is 5.69 Å². The average Bonchev–Trinajstić information content (AvgIpc) is 2.66. The van der Waals surface area contributed by atoms with E-state index in [9.17, 15) is 9.59 Å². The van der Waals surface area contributed by atoms with Gasteiger partial charge in [0, 0.05) is 11.6 Å². The Hall–Kier alpha value is -2.53. The predicted octanol–water partition coefficient (Wildman–Crippen LogP) is 4.89. The third-order valence-electron chi connectivity index (χ3n) is 4.34. The lowest BCUT2D eigenvalue weighted by molar-refractivity contribution is -0.122. The molecule has 2 aromatic rings. The zero-order valence-electron chi connectivity index (χ0n) is 16.8. The first-order chi connectivity index (χ1) is 13.3. The van der Waals surface area contributed by atoms with Crippen molar-refractivity contribution in [3.05, 3.63) is 58.1 Å². The lowest BCUT2D eigenvalue weighted by Crippen LogP contribution is -2.32. The number of hydrogen-bond donors (Lipinski definition) is 2. The second kappa shape index (κ2) is 10.1. The third-order valence-corrected chi connectivity index (χ3v) is 4.93. The number of carbonyl (C=O) groups excluding carboxylic acids is 2. The first-order valence-corrected chi connectivity index (χ1v) is 9.82. The second-order valence-corrected chi connectivity index (χ2v) is 7.15. The molecular weight excluding hydrogens is 376 g/mol. The fourth-order valence-electron chi connectivity index (χ4n) is 2.73. The molecule has 2 rings (SSSR count). The summed E-state index contributed by atoms with van der Waals surface area (Å²) in [5.41, 5.74) is 2.66. The number of anilines is 1. The second-order valence-electron chi connectivity index (χ2n) is 6.78. The molecule has 0 heterocycles. The number of halogens is 1. The minimum atomic E-state index is -0.740. The fourth-order valence-corrected chi connectivity index (χ4v) is 2.84. The van der Waals surface area contributed by atoms with Gasteiger partial charge in [-0.1, -0.05) is 37.1 Å². The monoisotopic (exact) mass is 402 g/mol. The highest BCUT2D eigenvalue weighted by Crippen LogP contribution is 2.26. The van der Waals surface area contributed by atoms with Crippen LogP contribution in [-0.4, -0.2) is 24.5 Å². The largest absolute Gasteiger partial charge is 0.481 e. The summed E-state index contributed by atoms with van der Waals surface area (Å²) in [6.07, 6.45) is 1.17. The van der Waals surface area contributed by atoms with Crippen molar-refractivity contribution in [2.24, 2.45) is 0 Å². The topological polar surface area (TPSA) is 67.4 Å². The molecular formula is C22H27ClN2O3. The molecule has 0 unspecified atom stereocenters. The molecule has 0 fully saturated rings. The van der Waals surface area contributed by atoms with Gasteiger partial charge in [0.1, 0.15) is 5.75 Å². The fraction of sp³-hybridized carbons (Fsp3) is 0.364. The van der Waals surface area contributed by atoms with Crippen molar-refractivity contribution >= 4 is 29.1 Å². The minimum Gasteiger partial charge on any atom is -0.481 e. The minimum absolute atomic E-state index is 0.207. The van der Waals surface area contributed by atoms with Gasteiger partial charge in [0.25, 0.3) is 11.8 Å². The smallest absolute Gasteiger partial charge is 0.265 e. The molecule has 0 aliphatic rings. The Bertz CT molecular complexity index is 828. The molecule has 150 valence electrons. The normalized spacial score (nSPS) is 11.6. The Morgan fingerprint density at radius 1 is 1.14 bits per heavy atom. The average molecular weight is 403 g/mol. The van der Waals surface area contributed by atoms with Crippen LogP contribution in [0.5, 0.6) is 5.75 Å². The molecule has 2 amide bonds. The number of nitrogens with one attached hydrogen (secondary N) is 2. The lowest BCUT2D eigenvalue weighted by atomic mass is 10.1. The standard InChI is InChI=1S/C22H27ClN2O3/c1-5-6-11-24-22(27)18-9-7-8-10-19(18)25-21(26)16(4)28-17-12-14(2)20(23)15(3)13-17/h7-10,12-13,16H,5-6,11H2,1-4H3,(H,24,27)(H,25,26)/t16-/m0/s1. The van der Waals surface area contributed by atoms with Crippen LogP contribution in [0.1, 0.15) is 48.2 Å². The number of ether oxygens (including phenoxy) is 1. The molecule has 0 aliphatic carbocycles. The summed E-state index contributed by atoms with van der Waals surface area (Å²) in [4.78, 5) is 25.0. The molecule has 0 bridgehead atoms. The Labute approximate surface area is 171 Å². The molecule has 2 N–H and O–H groups in total.